The van der Waals surface area contributed by atoms with Crippen molar-refractivity contribution in [3.63, 3.8) is 0 Å². The lowest BCUT2D eigenvalue weighted by Crippen LogP contribution is -2.13. The van der Waals surface area contributed by atoms with Crippen molar-refractivity contribution >= 4 is 22.6 Å². The highest BCUT2D eigenvalue weighted by atomic mass is 16.1. The molecule has 0 spiro atoms. The summed E-state index contributed by atoms with van der Waals surface area (Å²) in [7, 11) is 0. The van der Waals surface area contributed by atoms with Crippen molar-refractivity contribution in [2.24, 2.45) is 5.92 Å². The summed E-state index contributed by atoms with van der Waals surface area (Å²) >= 11 is 0. The number of H-pyrrole nitrogens is 1. The van der Waals surface area contributed by atoms with E-state index in [0.717, 1.165) is 28.1 Å². The molecule has 1 aromatic carbocycles. The van der Waals surface area contributed by atoms with Crippen LogP contribution in [0.15, 0.2) is 42.7 Å². The van der Waals surface area contributed by atoms with Crippen LogP contribution in [0, 0.1) is 5.92 Å². The number of fused-ring (bicyclic) bond motifs is 1. The number of aromatic nitrogens is 3. The number of hydrogen-bond donors (Lipinski definition) is 2. The first-order valence-electron chi connectivity index (χ1n) is 7.32. The molecule has 0 fully saturated rings. The second-order valence-corrected chi connectivity index (χ2v) is 5.71. The number of carbonyl (C=O) groups is 1. The maximum atomic E-state index is 11.8. The van der Waals surface area contributed by atoms with E-state index in [1.807, 2.05) is 44.2 Å². The third-order valence-corrected chi connectivity index (χ3v) is 3.29. The molecule has 3 rings (SSSR count). The number of nitrogens with one attached hydrogen (secondary N) is 2. The first-order chi connectivity index (χ1) is 10.6. The highest BCUT2D eigenvalue weighted by molar-refractivity contribution is 5.93. The Balaban J connectivity index is 1.86. The van der Waals surface area contributed by atoms with Crippen LogP contribution in [0.4, 0.5) is 5.69 Å². The summed E-state index contributed by atoms with van der Waals surface area (Å²) < 4.78 is 0. The van der Waals surface area contributed by atoms with Crippen LogP contribution < -0.4 is 5.32 Å². The monoisotopic (exact) mass is 294 g/mol. The third-order valence-electron chi connectivity index (χ3n) is 3.29. The smallest absolute Gasteiger partial charge is 0.224 e. The van der Waals surface area contributed by atoms with E-state index in [9.17, 15) is 4.79 Å². The Morgan fingerprint density at radius 1 is 1.32 bits per heavy atom. The van der Waals surface area contributed by atoms with Crippen LogP contribution in [0.25, 0.3) is 22.4 Å². The standard InChI is InChI=1S/C17H18N4O/c1-11(2)8-16(22)19-13-5-6-14-15(9-13)21-17(20-14)12-4-3-7-18-10-12/h3-7,9-11H,8H2,1-2H3,(H,19,22)(H,20,21). The van der Waals surface area contributed by atoms with Crippen LogP contribution >= 0.6 is 0 Å². The number of imidazole rings is 1. The Bertz CT molecular complexity index is 793. The van der Waals surface area contributed by atoms with E-state index in [2.05, 4.69) is 20.3 Å². The van der Waals surface area contributed by atoms with Crippen LogP contribution in [-0.4, -0.2) is 20.9 Å². The Hall–Kier alpha value is -2.69. The van der Waals surface area contributed by atoms with E-state index >= 15 is 0 Å². The van der Waals surface area contributed by atoms with Gasteiger partial charge in [-0.1, -0.05) is 13.8 Å². The predicted molar refractivity (Wildman–Crippen MR) is 87.4 cm³/mol. The molecule has 0 atom stereocenters. The summed E-state index contributed by atoms with van der Waals surface area (Å²) in [6.45, 7) is 4.05. The van der Waals surface area contributed by atoms with Gasteiger partial charge in [0.05, 0.1) is 11.0 Å². The number of nitrogens with zero attached hydrogens (tertiary/aromatic N) is 2. The number of amides is 1. The summed E-state index contributed by atoms with van der Waals surface area (Å²) in [5, 5.41) is 2.92. The number of carbonyl (C=O) groups excluding carboxylic acids is 1. The fourth-order valence-corrected chi connectivity index (χ4v) is 2.31. The van der Waals surface area contributed by atoms with Crippen LogP contribution in [0.3, 0.4) is 0 Å². The third kappa shape index (κ3) is 3.14. The molecule has 5 heteroatoms. The second-order valence-electron chi connectivity index (χ2n) is 5.71. The highest BCUT2D eigenvalue weighted by Crippen LogP contribution is 2.22. The van der Waals surface area contributed by atoms with Crippen molar-refractivity contribution < 1.29 is 4.79 Å². The van der Waals surface area contributed by atoms with Gasteiger partial charge < -0.3 is 10.3 Å². The summed E-state index contributed by atoms with van der Waals surface area (Å²) in [4.78, 5) is 23.7. The maximum Gasteiger partial charge on any atom is 0.224 e. The van der Waals surface area contributed by atoms with Crippen molar-refractivity contribution in [2.75, 3.05) is 5.32 Å². The van der Waals surface area contributed by atoms with Gasteiger partial charge >= 0.3 is 0 Å². The predicted octanol–water partition coefficient (Wildman–Crippen LogP) is 3.61. The van der Waals surface area contributed by atoms with Gasteiger partial charge in [-0.3, -0.25) is 9.78 Å². The fraction of sp³-hybridized carbons (Fsp3) is 0.235. The fourth-order valence-electron chi connectivity index (χ4n) is 2.31. The highest BCUT2D eigenvalue weighted by Gasteiger charge is 2.08. The van der Waals surface area contributed by atoms with E-state index in [0.29, 0.717) is 12.3 Å². The van der Waals surface area contributed by atoms with Gasteiger partial charge in [-0.2, -0.15) is 0 Å². The zero-order valence-electron chi connectivity index (χ0n) is 12.6. The normalized spacial score (nSPS) is 11.0. The van der Waals surface area contributed by atoms with Crippen LogP contribution in [-0.2, 0) is 4.79 Å². The van der Waals surface area contributed by atoms with E-state index in [1.54, 1.807) is 12.4 Å². The molecule has 22 heavy (non-hydrogen) atoms. The van der Waals surface area contributed by atoms with Gasteiger partial charge in [0.25, 0.3) is 0 Å². The Morgan fingerprint density at radius 2 is 2.18 bits per heavy atom. The van der Waals surface area contributed by atoms with Crippen molar-refractivity contribution in [3.05, 3.63) is 42.7 Å². The van der Waals surface area contributed by atoms with E-state index < -0.39 is 0 Å². The van der Waals surface area contributed by atoms with Gasteiger partial charge in [0.2, 0.25) is 5.91 Å². The zero-order chi connectivity index (χ0) is 15.5. The molecular weight excluding hydrogens is 276 g/mol. The molecule has 1 amide bonds. The average Bonchev–Trinajstić information content (AvgIpc) is 2.90. The number of anilines is 1. The van der Waals surface area contributed by atoms with E-state index in [4.69, 9.17) is 0 Å². The lowest BCUT2D eigenvalue weighted by molar-refractivity contribution is -0.116. The molecule has 0 bridgehead atoms. The molecule has 0 saturated heterocycles. The molecule has 5 nitrogen and oxygen atoms in total. The molecule has 3 aromatic rings. The molecule has 2 heterocycles. The van der Waals surface area contributed by atoms with Crippen molar-refractivity contribution in [3.8, 4) is 11.4 Å². The number of pyridine rings is 1. The summed E-state index contributed by atoms with van der Waals surface area (Å²) in [5.74, 6) is 1.14. The van der Waals surface area contributed by atoms with Crippen molar-refractivity contribution in [2.45, 2.75) is 20.3 Å². The Kier molecular flexibility index (Phi) is 3.87. The minimum Gasteiger partial charge on any atom is -0.338 e. The Morgan fingerprint density at radius 3 is 2.91 bits per heavy atom. The second kappa shape index (κ2) is 5.97. The van der Waals surface area contributed by atoms with Gasteiger partial charge in [-0.15, -0.1) is 0 Å². The number of hydrogen-bond acceptors (Lipinski definition) is 3. The summed E-state index contributed by atoms with van der Waals surface area (Å²) in [5.41, 5.74) is 3.46. The van der Waals surface area contributed by atoms with Crippen LogP contribution in [0.5, 0.6) is 0 Å². The van der Waals surface area contributed by atoms with Crippen LogP contribution in [0.1, 0.15) is 20.3 Å². The van der Waals surface area contributed by atoms with Crippen molar-refractivity contribution in [1.29, 1.82) is 0 Å². The van der Waals surface area contributed by atoms with Crippen molar-refractivity contribution in [1.82, 2.24) is 15.0 Å². The zero-order valence-corrected chi connectivity index (χ0v) is 12.6. The maximum absolute atomic E-state index is 11.8. The minimum absolute atomic E-state index is 0.0290. The van der Waals surface area contributed by atoms with E-state index in [1.165, 1.54) is 0 Å². The molecule has 0 aliphatic rings. The lowest BCUT2D eigenvalue weighted by Gasteiger charge is -2.06. The average molecular weight is 294 g/mol. The summed E-state index contributed by atoms with van der Waals surface area (Å²) in [6.07, 6.45) is 4.01. The SMILES string of the molecule is CC(C)CC(=O)Nc1ccc2nc(-c3cccnc3)[nH]c2c1. The molecule has 2 aromatic heterocycles. The van der Waals surface area contributed by atoms with Gasteiger partial charge in [0, 0.05) is 30.1 Å². The molecule has 0 radical (unpaired) electrons. The quantitative estimate of drug-likeness (QED) is 0.772. The summed E-state index contributed by atoms with van der Waals surface area (Å²) in [6, 6.07) is 9.50. The molecule has 0 aliphatic heterocycles. The molecule has 0 aliphatic carbocycles. The topological polar surface area (TPSA) is 70.7 Å². The molecule has 112 valence electrons. The molecule has 0 unspecified atom stereocenters. The first kappa shape index (κ1) is 14.3. The molecule has 0 saturated carbocycles. The molecule has 2 N–H and O–H groups in total. The molecular formula is C17H18N4O. The minimum atomic E-state index is 0.0290. The van der Waals surface area contributed by atoms with Gasteiger partial charge in [0.15, 0.2) is 0 Å². The van der Waals surface area contributed by atoms with Gasteiger partial charge in [-0.25, -0.2) is 4.98 Å². The largest absolute Gasteiger partial charge is 0.338 e. The van der Waals surface area contributed by atoms with Gasteiger partial charge in [0.1, 0.15) is 5.82 Å². The lowest BCUT2D eigenvalue weighted by atomic mass is 10.1. The first-order valence-corrected chi connectivity index (χ1v) is 7.32. The van der Waals surface area contributed by atoms with Crippen LogP contribution in [0.2, 0.25) is 0 Å². The number of aromatic amines is 1. The Labute approximate surface area is 128 Å². The number of benzene rings is 1. The van der Waals surface area contributed by atoms with E-state index in [-0.39, 0.29) is 5.91 Å². The number of rotatable bonds is 4. The van der Waals surface area contributed by atoms with Gasteiger partial charge in [-0.05, 0) is 36.2 Å².